The van der Waals surface area contributed by atoms with E-state index in [1.54, 1.807) is 11.0 Å². The van der Waals surface area contributed by atoms with Gasteiger partial charge in [-0.2, -0.15) is 0 Å². The summed E-state index contributed by atoms with van der Waals surface area (Å²) >= 11 is 0. The number of fused-ring (bicyclic) bond motifs is 2. The first-order valence-electron chi connectivity index (χ1n) is 25.0. The maximum atomic E-state index is 14.9. The van der Waals surface area contributed by atoms with Crippen molar-refractivity contribution in [3.8, 4) is 22.5 Å². The Labute approximate surface area is 420 Å². The van der Waals surface area contributed by atoms with Crippen molar-refractivity contribution in [1.29, 1.82) is 0 Å². The number of amides is 4. The molecule has 1 saturated heterocycles. The standard InChI is InChI=1S/C59H62N6O7/c1-6-63(7-2)43-31-33-47-51(36-43)72-52-37-44(64(8-3)9-4)32-34-48(52)54(47)45-28-19-20-29-46(45)57(69)65-35-21-30-50(65)56(68)60-39(5)55(67)61-49(58(70)71)38-53(66)62-59(40-22-13-10-14-23-40,41-24-15-11-16-25-41)42-26-17-12-18-27-42/h10-20,22-29,31-34,36-37,39,49-50H,6-9,21,30,35,38H2,1-5H3,(H3-,60,61,62,66,67,68,70,71)/p+1. The lowest BCUT2D eigenvalue weighted by molar-refractivity contribution is -0.144. The second kappa shape index (κ2) is 22.4. The van der Waals surface area contributed by atoms with Crippen LogP contribution in [-0.2, 0) is 24.7 Å². The first kappa shape index (κ1) is 50.3. The topological polar surface area (TPSA) is 164 Å². The van der Waals surface area contributed by atoms with Crippen molar-refractivity contribution in [1.82, 2.24) is 25.4 Å². The largest absolute Gasteiger partial charge is 0.480 e. The lowest BCUT2D eigenvalue weighted by Crippen LogP contribution is -2.55. The van der Waals surface area contributed by atoms with E-state index < -0.39 is 53.8 Å². The van der Waals surface area contributed by atoms with E-state index in [2.05, 4.69) is 77.4 Å². The Bertz CT molecular complexity index is 3010. The van der Waals surface area contributed by atoms with Gasteiger partial charge in [0.25, 0.3) is 5.91 Å². The molecule has 4 N–H and O–H groups in total. The normalized spacial score (nSPS) is 14.3. The van der Waals surface area contributed by atoms with Gasteiger partial charge in [-0.15, -0.1) is 0 Å². The molecular weight excluding hydrogens is 905 g/mol. The highest BCUT2D eigenvalue weighted by Gasteiger charge is 2.40. The number of carbonyl (C=O) groups is 5. The monoisotopic (exact) mass is 967 g/mol. The third kappa shape index (κ3) is 10.2. The third-order valence-electron chi connectivity index (χ3n) is 13.9. The van der Waals surface area contributed by atoms with Gasteiger partial charge in [-0.1, -0.05) is 109 Å². The van der Waals surface area contributed by atoms with Crippen molar-refractivity contribution in [2.24, 2.45) is 0 Å². The van der Waals surface area contributed by atoms with Crippen LogP contribution in [0.3, 0.4) is 0 Å². The van der Waals surface area contributed by atoms with Crippen LogP contribution < -0.4 is 30.8 Å². The molecule has 3 unspecified atom stereocenters. The molecule has 2 aliphatic heterocycles. The van der Waals surface area contributed by atoms with Gasteiger partial charge in [-0.3, -0.25) is 19.2 Å². The van der Waals surface area contributed by atoms with Gasteiger partial charge in [0, 0.05) is 59.5 Å². The highest BCUT2D eigenvalue weighted by molar-refractivity contribution is 6.10. The molecule has 5 aromatic rings. The molecule has 13 heteroatoms. The summed E-state index contributed by atoms with van der Waals surface area (Å²) in [5.41, 5.74) is 5.52. The Morgan fingerprint density at radius 1 is 0.736 bits per heavy atom. The van der Waals surface area contributed by atoms with Crippen LogP contribution in [0.25, 0.3) is 33.4 Å². The molecule has 72 heavy (non-hydrogen) atoms. The molecule has 1 aliphatic carbocycles. The average Bonchev–Trinajstić information content (AvgIpc) is 3.91. The van der Waals surface area contributed by atoms with Gasteiger partial charge >= 0.3 is 5.97 Å². The van der Waals surface area contributed by atoms with Gasteiger partial charge in [-0.05, 0) is 94.0 Å². The minimum absolute atomic E-state index is 0.310. The summed E-state index contributed by atoms with van der Waals surface area (Å²) in [5, 5.41) is 20.6. The maximum Gasteiger partial charge on any atom is 0.326 e. The van der Waals surface area contributed by atoms with Crippen LogP contribution in [0.4, 0.5) is 5.69 Å². The molecule has 2 heterocycles. The number of benzene rings is 6. The molecular formula is C59H63N6O7+. The predicted molar refractivity (Wildman–Crippen MR) is 281 cm³/mol. The Balaban J connectivity index is 1.03. The van der Waals surface area contributed by atoms with Gasteiger partial charge in [0.05, 0.1) is 12.5 Å². The number of hydrogen-bond acceptors (Lipinski definition) is 7. The highest BCUT2D eigenvalue weighted by atomic mass is 16.4. The first-order chi connectivity index (χ1) is 34.9. The molecule has 3 atom stereocenters. The average molecular weight is 968 g/mol. The quantitative estimate of drug-likeness (QED) is 0.0382. The number of anilines is 1. The fourth-order valence-electron chi connectivity index (χ4n) is 10.2. The third-order valence-corrected chi connectivity index (χ3v) is 13.9. The van der Waals surface area contributed by atoms with E-state index in [1.807, 2.05) is 121 Å². The fraction of sp³-hybridized carbons (Fsp3) is 0.288. The second-order valence-electron chi connectivity index (χ2n) is 18.1. The number of nitrogens with zero attached hydrogens (tertiary/aromatic N) is 3. The first-order valence-corrected chi connectivity index (χ1v) is 25.0. The van der Waals surface area contributed by atoms with E-state index in [-0.39, 0.29) is 5.91 Å². The van der Waals surface area contributed by atoms with Crippen molar-refractivity contribution in [3.05, 3.63) is 179 Å². The number of hydrogen-bond donors (Lipinski definition) is 4. The zero-order valence-electron chi connectivity index (χ0n) is 41.6. The van der Waals surface area contributed by atoms with Crippen molar-refractivity contribution < 1.29 is 33.5 Å². The number of carboxylic acids is 1. The smallest absolute Gasteiger partial charge is 0.326 e. The molecule has 0 saturated carbocycles. The van der Waals surface area contributed by atoms with Gasteiger partial charge < -0.3 is 35.3 Å². The summed E-state index contributed by atoms with van der Waals surface area (Å²) in [6, 6.07) is 44.2. The summed E-state index contributed by atoms with van der Waals surface area (Å²) < 4.78 is 8.97. The maximum absolute atomic E-state index is 14.9. The van der Waals surface area contributed by atoms with Gasteiger partial charge in [0.2, 0.25) is 23.1 Å². The number of aliphatic carboxylic acids is 1. The Morgan fingerprint density at radius 3 is 1.92 bits per heavy atom. The minimum Gasteiger partial charge on any atom is -0.480 e. The Morgan fingerprint density at radius 2 is 1.33 bits per heavy atom. The van der Waals surface area contributed by atoms with E-state index in [0.29, 0.717) is 41.9 Å². The highest BCUT2D eigenvalue weighted by Crippen LogP contribution is 2.43. The van der Waals surface area contributed by atoms with E-state index >= 15 is 0 Å². The van der Waals surface area contributed by atoms with Crippen LogP contribution in [0.15, 0.2) is 156 Å². The van der Waals surface area contributed by atoms with Crippen molar-refractivity contribution in [2.75, 3.05) is 37.6 Å². The number of carbonyl (C=O) groups excluding carboxylic acids is 4. The van der Waals surface area contributed by atoms with Crippen LogP contribution >= 0.6 is 0 Å². The Kier molecular flexibility index (Phi) is 15.6. The van der Waals surface area contributed by atoms with Crippen molar-refractivity contribution >= 4 is 46.3 Å². The van der Waals surface area contributed by atoms with Gasteiger partial charge in [-0.25, -0.2) is 9.37 Å². The molecule has 370 valence electrons. The molecule has 5 aromatic carbocycles. The SMILES string of the molecule is CCN(CC)c1ccc2c(-c3ccccc3C(=O)N3CCCC3C(=O)NC(C)C(=O)NC(CC(=O)NC(c3ccccc3)(c3ccccc3)c3ccccc3)C(=O)O)c3ccc(=[N+](CC)CC)cc-3oc2c1. The lowest BCUT2D eigenvalue weighted by atomic mass is 9.77. The summed E-state index contributed by atoms with van der Waals surface area (Å²) in [4.78, 5) is 73.5. The van der Waals surface area contributed by atoms with Crippen LogP contribution in [0, 0.1) is 0 Å². The van der Waals surface area contributed by atoms with E-state index in [1.165, 1.54) is 6.92 Å². The second-order valence-corrected chi connectivity index (χ2v) is 18.1. The zero-order chi connectivity index (χ0) is 50.9. The van der Waals surface area contributed by atoms with Crippen LogP contribution in [0.2, 0.25) is 0 Å². The van der Waals surface area contributed by atoms with Gasteiger partial charge in [0.1, 0.15) is 48.1 Å². The lowest BCUT2D eigenvalue weighted by Gasteiger charge is -2.37. The zero-order valence-corrected chi connectivity index (χ0v) is 41.6. The minimum atomic E-state index is -1.64. The summed E-state index contributed by atoms with van der Waals surface area (Å²) in [7, 11) is 0. The Hall–Kier alpha value is -8.06. The molecule has 13 nitrogen and oxygen atoms in total. The number of carboxylic acid groups (broad SMARTS) is 1. The fourth-order valence-corrected chi connectivity index (χ4v) is 10.2. The summed E-state index contributed by atoms with van der Waals surface area (Å²) in [6.07, 6.45) is 0.308. The predicted octanol–water partition coefficient (Wildman–Crippen LogP) is 8.04. The molecule has 4 amide bonds. The number of likely N-dealkylation sites (tertiary alicyclic amines) is 1. The van der Waals surface area contributed by atoms with Crippen LogP contribution in [0.5, 0.6) is 0 Å². The summed E-state index contributed by atoms with van der Waals surface area (Å²) in [6.45, 7) is 13.5. The molecule has 8 rings (SSSR count). The van der Waals surface area contributed by atoms with Gasteiger partial charge in [0.15, 0.2) is 0 Å². The van der Waals surface area contributed by atoms with E-state index in [9.17, 15) is 29.1 Å². The van der Waals surface area contributed by atoms with E-state index in [4.69, 9.17) is 4.42 Å². The van der Waals surface area contributed by atoms with Crippen molar-refractivity contribution in [3.63, 3.8) is 0 Å². The summed E-state index contributed by atoms with van der Waals surface area (Å²) in [5.74, 6) is -3.06. The van der Waals surface area contributed by atoms with E-state index in [0.717, 1.165) is 70.4 Å². The molecule has 0 bridgehead atoms. The number of rotatable bonds is 18. The molecule has 0 spiro atoms. The van der Waals surface area contributed by atoms with Crippen molar-refractivity contribution in [2.45, 2.75) is 77.5 Å². The number of nitrogens with one attached hydrogen (secondary N) is 3. The van der Waals surface area contributed by atoms with Crippen LogP contribution in [-0.4, -0.2) is 90.5 Å². The molecule has 0 aromatic heterocycles. The molecule has 3 aliphatic rings. The molecule has 1 fully saturated rings. The molecule has 0 radical (unpaired) electrons. The van der Waals surface area contributed by atoms with Crippen LogP contribution in [0.1, 0.15) is 80.9 Å².